The van der Waals surface area contributed by atoms with E-state index in [1.165, 1.54) is 0 Å². The third-order valence-electron chi connectivity index (χ3n) is 4.30. The molecule has 3 aromatic heterocycles. The molecule has 0 unspecified atom stereocenters. The summed E-state index contributed by atoms with van der Waals surface area (Å²) in [6.07, 6.45) is 5.89. The second-order valence-corrected chi connectivity index (χ2v) is 6.14. The Balaban J connectivity index is 1.54. The molecule has 0 amide bonds. The summed E-state index contributed by atoms with van der Waals surface area (Å²) in [5.74, 6) is 0.710. The quantitative estimate of drug-likeness (QED) is 0.769. The van der Waals surface area contributed by atoms with Gasteiger partial charge in [0.2, 0.25) is 5.82 Å². The van der Waals surface area contributed by atoms with E-state index in [1.54, 1.807) is 6.07 Å². The highest BCUT2D eigenvalue weighted by atomic mass is 16.5. The van der Waals surface area contributed by atoms with E-state index in [9.17, 15) is 0 Å². The van der Waals surface area contributed by atoms with Crippen LogP contribution in [0.3, 0.4) is 0 Å². The fraction of sp³-hybridized carbons (Fsp3) is 0.467. The van der Waals surface area contributed by atoms with E-state index in [0.717, 1.165) is 31.4 Å². The SMILES string of the molecule is Cc1ccc(-c2noc(-c3cn(C4CCC(N)CC4)nn3)n2)nn1. The Morgan fingerprint density at radius 1 is 1.08 bits per heavy atom. The van der Waals surface area contributed by atoms with Gasteiger partial charge in [-0.3, -0.25) is 0 Å². The van der Waals surface area contributed by atoms with E-state index in [4.69, 9.17) is 10.3 Å². The first-order chi connectivity index (χ1) is 11.7. The first-order valence-corrected chi connectivity index (χ1v) is 8.01. The largest absolute Gasteiger partial charge is 0.332 e. The zero-order chi connectivity index (χ0) is 16.5. The first kappa shape index (κ1) is 14.9. The molecule has 0 aliphatic heterocycles. The molecule has 1 aliphatic rings. The fourth-order valence-electron chi connectivity index (χ4n) is 2.87. The molecule has 9 heteroatoms. The molecule has 1 aliphatic carbocycles. The van der Waals surface area contributed by atoms with Crippen LogP contribution < -0.4 is 5.73 Å². The van der Waals surface area contributed by atoms with Crippen LogP contribution in [0.15, 0.2) is 22.9 Å². The molecule has 0 atom stereocenters. The van der Waals surface area contributed by atoms with Gasteiger partial charge in [-0.1, -0.05) is 10.4 Å². The Bertz CT molecular complexity index is 816. The minimum Gasteiger partial charge on any atom is -0.332 e. The minimum atomic E-state index is 0.304. The topological polar surface area (TPSA) is 121 Å². The minimum absolute atomic E-state index is 0.304. The van der Waals surface area contributed by atoms with Gasteiger partial charge in [-0.2, -0.15) is 10.1 Å². The predicted octanol–water partition coefficient (Wildman–Crippen LogP) is 1.54. The highest BCUT2D eigenvalue weighted by molar-refractivity contribution is 5.52. The molecule has 124 valence electrons. The maximum Gasteiger partial charge on any atom is 0.280 e. The number of rotatable bonds is 3. The van der Waals surface area contributed by atoms with Gasteiger partial charge < -0.3 is 10.3 Å². The van der Waals surface area contributed by atoms with Crippen LogP contribution in [0.2, 0.25) is 0 Å². The summed E-state index contributed by atoms with van der Waals surface area (Å²) in [4.78, 5) is 4.33. The van der Waals surface area contributed by atoms with Crippen LogP contribution in [0.1, 0.15) is 37.4 Å². The fourth-order valence-corrected chi connectivity index (χ4v) is 2.87. The summed E-state index contributed by atoms with van der Waals surface area (Å²) in [7, 11) is 0. The van der Waals surface area contributed by atoms with Gasteiger partial charge in [0.25, 0.3) is 5.89 Å². The van der Waals surface area contributed by atoms with Crippen molar-refractivity contribution < 1.29 is 4.52 Å². The van der Waals surface area contributed by atoms with Crippen LogP contribution >= 0.6 is 0 Å². The van der Waals surface area contributed by atoms with Crippen LogP contribution in [0.4, 0.5) is 0 Å². The summed E-state index contributed by atoms with van der Waals surface area (Å²) in [6, 6.07) is 4.29. The number of aryl methyl sites for hydroxylation is 1. The maximum absolute atomic E-state index is 5.95. The molecule has 3 heterocycles. The third-order valence-corrected chi connectivity index (χ3v) is 4.30. The molecule has 24 heavy (non-hydrogen) atoms. The lowest BCUT2D eigenvalue weighted by Crippen LogP contribution is -2.28. The van der Waals surface area contributed by atoms with Gasteiger partial charge in [0.1, 0.15) is 5.69 Å². The zero-order valence-electron chi connectivity index (χ0n) is 13.3. The number of aromatic nitrogens is 7. The second kappa shape index (κ2) is 6.08. The summed E-state index contributed by atoms with van der Waals surface area (Å²) >= 11 is 0. The highest BCUT2D eigenvalue weighted by Gasteiger charge is 2.22. The lowest BCUT2D eigenvalue weighted by molar-refractivity contribution is 0.300. The van der Waals surface area contributed by atoms with Gasteiger partial charge >= 0.3 is 0 Å². The van der Waals surface area contributed by atoms with Crippen molar-refractivity contribution in [1.29, 1.82) is 0 Å². The van der Waals surface area contributed by atoms with Crippen molar-refractivity contribution in [1.82, 2.24) is 35.3 Å². The van der Waals surface area contributed by atoms with Crippen LogP contribution in [0.25, 0.3) is 23.1 Å². The molecular formula is C15H18N8O. The summed E-state index contributed by atoms with van der Waals surface area (Å²) in [5, 5.41) is 20.3. The standard InChI is InChI=1S/C15H18N8O/c1-9-2-7-12(19-18-9)14-17-15(24-21-14)13-8-23(22-20-13)11-5-3-10(16)4-6-11/h2,7-8,10-11H,3-6,16H2,1H3. The lowest BCUT2D eigenvalue weighted by atomic mass is 9.92. The molecule has 0 radical (unpaired) electrons. The van der Waals surface area contributed by atoms with Crippen molar-refractivity contribution in [2.24, 2.45) is 5.73 Å². The van der Waals surface area contributed by atoms with Crippen LogP contribution in [-0.2, 0) is 0 Å². The average molecular weight is 326 g/mol. The van der Waals surface area contributed by atoms with E-state index in [2.05, 4.69) is 30.7 Å². The molecule has 9 nitrogen and oxygen atoms in total. The zero-order valence-corrected chi connectivity index (χ0v) is 13.3. The highest BCUT2D eigenvalue weighted by Crippen LogP contribution is 2.28. The summed E-state index contributed by atoms with van der Waals surface area (Å²) < 4.78 is 7.16. The van der Waals surface area contributed by atoms with Crippen molar-refractivity contribution >= 4 is 0 Å². The number of hydrogen-bond donors (Lipinski definition) is 1. The Morgan fingerprint density at radius 2 is 1.92 bits per heavy atom. The smallest absolute Gasteiger partial charge is 0.280 e. The van der Waals surface area contributed by atoms with Crippen LogP contribution in [-0.4, -0.2) is 41.4 Å². The molecule has 0 saturated heterocycles. The van der Waals surface area contributed by atoms with Crippen molar-refractivity contribution in [3.05, 3.63) is 24.0 Å². The van der Waals surface area contributed by atoms with E-state index in [1.807, 2.05) is 23.9 Å². The van der Waals surface area contributed by atoms with Gasteiger partial charge in [0.15, 0.2) is 5.69 Å². The average Bonchev–Trinajstić information content (AvgIpc) is 3.25. The van der Waals surface area contributed by atoms with Crippen molar-refractivity contribution in [2.75, 3.05) is 0 Å². The molecule has 0 aromatic carbocycles. The Hall–Kier alpha value is -2.68. The molecular weight excluding hydrogens is 308 g/mol. The first-order valence-electron chi connectivity index (χ1n) is 8.01. The predicted molar refractivity (Wildman–Crippen MR) is 84.6 cm³/mol. The Kier molecular flexibility index (Phi) is 3.77. The van der Waals surface area contributed by atoms with E-state index < -0.39 is 0 Å². The number of nitrogens with two attached hydrogens (primary N) is 1. The molecule has 1 saturated carbocycles. The van der Waals surface area contributed by atoms with Gasteiger partial charge in [-0.05, 0) is 44.7 Å². The Morgan fingerprint density at radius 3 is 2.67 bits per heavy atom. The van der Waals surface area contributed by atoms with Crippen molar-refractivity contribution in [3.8, 4) is 23.1 Å². The van der Waals surface area contributed by atoms with Crippen LogP contribution in [0.5, 0.6) is 0 Å². The monoisotopic (exact) mass is 326 g/mol. The molecule has 0 spiro atoms. The third kappa shape index (κ3) is 2.90. The normalized spacial score (nSPS) is 21.1. The van der Waals surface area contributed by atoms with Gasteiger partial charge in [0, 0.05) is 6.04 Å². The van der Waals surface area contributed by atoms with Crippen molar-refractivity contribution in [3.63, 3.8) is 0 Å². The molecule has 3 aromatic rings. The lowest BCUT2D eigenvalue weighted by Gasteiger charge is -2.25. The van der Waals surface area contributed by atoms with Gasteiger partial charge in [-0.25, -0.2) is 4.68 Å². The van der Waals surface area contributed by atoms with Gasteiger partial charge in [-0.15, -0.1) is 10.2 Å². The summed E-state index contributed by atoms with van der Waals surface area (Å²) in [5.41, 5.74) is 7.90. The summed E-state index contributed by atoms with van der Waals surface area (Å²) in [6.45, 7) is 1.87. The molecule has 1 fully saturated rings. The molecule has 4 rings (SSSR count). The van der Waals surface area contributed by atoms with E-state index in [0.29, 0.717) is 35.2 Å². The van der Waals surface area contributed by atoms with E-state index >= 15 is 0 Å². The maximum atomic E-state index is 5.95. The van der Waals surface area contributed by atoms with Crippen LogP contribution in [0, 0.1) is 6.92 Å². The second-order valence-electron chi connectivity index (χ2n) is 6.14. The number of hydrogen-bond acceptors (Lipinski definition) is 8. The molecule has 2 N–H and O–H groups in total. The number of nitrogens with zero attached hydrogens (tertiary/aromatic N) is 7. The van der Waals surface area contributed by atoms with E-state index in [-0.39, 0.29) is 0 Å². The van der Waals surface area contributed by atoms with Gasteiger partial charge in [0.05, 0.1) is 17.9 Å². The molecule has 0 bridgehead atoms. The Labute approximate surface area is 138 Å². The van der Waals surface area contributed by atoms with Crippen molar-refractivity contribution in [2.45, 2.75) is 44.7 Å².